The van der Waals surface area contributed by atoms with Gasteiger partial charge in [0.2, 0.25) is 0 Å². The molecule has 0 spiro atoms. The summed E-state index contributed by atoms with van der Waals surface area (Å²) >= 11 is 6.29. The Hall–Kier alpha value is -2.92. The van der Waals surface area contributed by atoms with Gasteiger partial charge in [-0.3, -0.25) is 9.36 Å². The molecule has 136 valence electrons. The highest BCUT2D eigenvalue weighted by atomic mass is 35.5. The van der Waals surface area contributed by atoms with Gasteiger partial charge < -0.3 is 0 Å². The number of para-hydroxylation sites is 1. The Labute approximate surface area is 161 Å². The van der Waals surface area contributed by atoms with Crippen molar-refractivity contribution in [3.63, 3.8) is 0 Å². The number of hydrogen-bond donors (Lipinski definition) is 0. The normalized spacial score (nSPS) is 11.4. The zero-order valence-electron chi connectivity index (χ0n) is 15.3. The number of halogens is 1. The molecule has 0 aliphatic heterocycles. The Morgan fingerprint density at radius 1 is 1.04 bits per heavy atom. The molecule has 2 heterocycles. The predicted molar refractivity (Wildman–Crippen MR) is 108 cm³/mol. The van der Waals surface area contributed by atoms with Crippen LogP contribution in [0, 0.1) is 6.92 Å². The van der Waals surface area contributed by atoms with E-state index in [9.17, 15) is 4.79 Å². The third-order valence-corrected chi connectivity index (χ3v) is 4.99. The molecule has 5 nitrogen and oxygen atoms in total. The molecule has 0 atom stereocenters. The second kappa shape index (κ2) is 6.67. The van der Waals surface area contributed by atoms with Gasteiger partial charge in [-0.15, -0.1) is 0 Å². The lowest BCUT2D eigenvalue weighted by molar-refractivity contribution is 0.850. The topological polar surface area (TPSA) is 52.7 Å². The van der Waals surface area contributed by atoms with Gasteiger partial charge in [0.25, 0.3) is 5.56 Å². The summed E-state index contributed by atoms with van der Waals surface area (Å²) in [6, 6.07) is 15.4. The maximum absolute atomic E-state index is 13.1. The summed E-state index contributed by atoms with van der Waals surface area (Å²) in [7, 11) is 0. The summed E-state index contributed by atoms with van der Waals surface area (Å²) in [4.78, 5) is 17.8. The van der Waals surface area contributed by atoms with Crippen molar-refractivity contribution in [3.05, 3.63) is 81.5 Å². The van der Waals surface area contributed by atoms with Crippen molar-refractivity contribution < 1.29 is 0 Å². The first kappa shape index (κ1) is 17.5. The minimum atomic E-state index is -0.145. The van der Waals surface area contributed by atoms with E-state index in [1.165, 1.54) is 5.56 Å². The molecule has 6 heteroatoms. The molecule has 0 radical (unpaired) electrons. The summed E-state index contributed by atoms with van der Waals surface area (Å²) in [5.41, 5.74) is 3.07. The zero-order valence-corrected chi connectivity index (χ0v) is 16.1. The summed E-state index contributed by atoms with van der Waals surface area (Å²) in [6.45, 7) is 6.10. The van der Waals surface area contributed by atoms with Crippen LogP contribution in [0.3, 0.4) is 0 Å². The predicted octanol–water partition coefficient (Wildman–Crippen LogP) is 4.66. The molecule has 0 fully saturated rings. The van der Waals surface area contributed by atoms with Crippen LogP contribution in [-0.2, 0) is 0 Å². The molecular formula is C21H19ClN4O. The van der Waals surface area contributed by atoms with E-state index in [2.05, 4.69) is 23.9 Å². The molecule has 0 aliphatic rings. The van der Waals surface area contributed by atoms with Gasteiger partial charge in [-0.1, -0.05) is 49.7 Å². The summed E-state index contributed by atoms with van der Waals surface area (Å²) in [5, 5.41) is 5.36. The Kier molecular flexibility index (Phi) is 4.32. The first-order chi connectivity index (χ1) is 13.0. The molecule has 0 unspecified atom stereocenters. The zero-order chi connectivity index (χ0) is 19.1. The van der Waals surface area contributed by atoms with Crippen LogP contribution in [0.1, 0.15) is 31.2 Å². The number of aryl methyl sites for hydroxylation is 1. The van der Waals surface area contributed by atoms with Crippen LogP contribution < -0.4 is 5.56 Å². The van der Waals surface area contributed by atoms with Crippen LogP contribution in [0.25, 0.3) is 22.4 Å². The van der Waals surface area contributed by atoms with Gasteiger partial charge >= 0.3 is 0 Å². The molecule has 0 N–H and O–H groups in total. The third-order valence-electron chi connectivity index (χ3n) is 4.67. The van der Waals surface area contributed by atoms with Crippen molar-refractivity contribution in [2.45, 2.75) is 26.7 Å². The molecule has 2 aromatic heterocycles. The van der Waals surface area contributed by atoms with E-state index >= 15 is 0 Å². The van der Waals surface area contributed by atoms with Crippen molar-refractivity contribution in [3.8, 4) is 11.4 Å². The van der Waals surface area contributed by atoms with E-state index < -0.39 is 0 Å². The van der Waals surface area contributed by atoms with Gasteiger partial charge in [0.15, 0.2) is 5.65 Å². The van der Waals surface area contributed by atoms with Crippen LogP contribution in [0.4, 0.5) is 0 Å². The standard InChI is InChI=1S/C21H19ClN4O/c1-13(2)15-8-10-16(11-9-15)25-14(3)24-20-17(21(25)27)12-23-26(20)19-7-5-4-6-18(19)22/h4-13H,1-3H3. The van der Waals surface area contributed by atoms with Crippen molar-refractivity contribution in [1.82, 2.24) is 19.3 Å². The molecule has 0 saturated carbocycles. The smallest absolute Gasteiger partial charge is 0.268 e. The SMILES string of the molecule is Cc1nc2c(cnn2-c2ccccc2Cl)c(=O)n1-c1ccc(C(C)C)cc1. The lowest BCUT2D eigenvalue weighted by atomic mass is 10.0. The van der Waals surface area contributed by atoms with Gasteiger partial charge in [-0.2, -0.15) is 5.10 Å². The first-order valence-corrected chi connectivity index (χ1v) is 9.18. The van der Waals surface area contributed by atoms with Gasteiger partial charge in [0.1, 0.15) is 11.2 Å². The summed E-state index contributed by atoms with van der Waals surface area (Å²) in [5.74, 6) is 1.03. The molecule has 0 aliphatic carbocycles. The van der Waals surface area contributed by atoms with Gasteiger partial charge in [-0.05, 0) is 42.7 Å². The molecule has 27 heavy (non-hydrogen) atoms. The van der Waals surface area contributed by atoms with Crippen LogP contribution in [-0.4, -0.2) is 19.3 Å². The average Bonchev–Trinajstić information content (AvgIpc) is 3.06. The Morgan fingerprint density at radius 3 is 2.41 bits per heavy atom. The summed E-state index contributed by atoms with van der Waals surface area (Å²) in [6.07, 6.45) is 1.55. The van der Waals surface area contributed by atoms with Crippen LogP contribution >= 0.6 is 11.6 Å². The lowest BCUT2D eigenvalue weighted by Gasteiger charge is -2.12. The number of rotatable bonds is 3. The molecular weight excluding hydrogens is 360 g/mol. The van der Waals surface area contributed by atoms with Gasteiger partial charge in [-0.25, -0.2) is 9.67 Å². The van der Waals surface area contributed by atoms with Crippen molar-refractivity contribution in [2.75, 3.05) is 0 Å². The van der Waals surface area contributed by atoms with E-state index in [-0.39, 0.29) is 5.56 Å². The first-order valence-electron chi connectivity index (χ1n) is 8.80. The number of nitrogens with zero attached hydrogens (tertiary/aromatic N) is 4. The highest BCUT2D eigenvalue weighted by Gasteiger charge is 2.16. The molecule has 0 bridgehead atoms. The quantitative estimate of drug-likeness (QED) is 0.521. The Balaban J connectivity index is 1.91. The molecule has 4 aromatic rings. The van der Waals surface area contributed by atoms with Gasteiger partial charge in [0, 0.05) is 0 Å². The van der Waals surface area contributed by atoms with Crippen LogP contribution in [0.15, 0.2) is 59.5 Å². The van der Waals surface area contributed by atoms with E-state index in [1.54, 1.807) is 21.5 Å². The van der Waals surface area contributed by atoms with E-state index in [0.29, 0.717) is 33.5 Å². The molecule has 0 saturated heterocycles. The second-order valence-corrected chi connectivity index (χ2v) is 7.20. The van der Waals surface area contributed by atoms with Crippen molar-refractivity contribution in [2.24, 2.45) is 0 Å². The number of fused-ring (bicyclic) bond motifs is 1. The van der Waals surface area contributed by atoms with Crippen LogP contribution in [0.5, 0.6) is 0 Å². The fraction of sp³-hybridized carbons (Fsp3) is 0.190. The summed E-state index contributed by atoms with van der Waals surface area (Å²) < 4.78 is 3.23. The fourth-order valence-electron chi connectivity index (χ4n) is 3.18. The highest BCUT2D eigenvalue weighted by molar-refractivity contribution is 6.32. The van der Waals surface area contributed by atoms with E-state index in [4.69, 9.17) is 11.6 Å². The number of aromatic nitrogens is 4. The third kappa shape index (κ3) is 2.94. The molecule has 4 rings (SSSR count). The second-order valence-electron chi connectivity index (χ2n) is 6.79. The van der Waals surface area contributed by atoms with Crippen molar-refractivity contribution >= 4 is 22.6 Å². The monoisotopic (exact) mass is 378 g/mol. The minimum absolute atomic E-state index is 0.145. The maximum atomic E-state index is 13.1. The minimum Gasteiger partial charge on any atom is -0.268 e. The number of hydrogen-bond acceptors (Lipinski definition) is 3. The average molecular weight is 379 g/mol. The van der Waals surface area contributed by atoms with E-state index in [0.717, 1.165) is 5.69 Å². The van der Waals surface area contributed by atoms with Crippen molar-refractivity contribution in [1.29, 1.82) is 0 Å². The molecule has 0 amide bonds. The van der Waals surface area contributed by atoms with E-state index in [1.807, 2.05) is 49.4 Å². The van der Waals surface area contributed by atoms with Crippen LogP contribution in [0.2, 0.25) is 5.02 Å². The fourth-order valence-corrected chi connectivity index (χ4v) is 3.40. The largest absolute Gasteiger partial charge is 0.269 e. The number of benzene rings is 2. The Bertz CT molecular complexity index is 1190. The molecule has 2 aromatic carbocycles. The van der Waals surface area contributed by atoms with Gasteiger partial charge in [0.05, 0.1) is 22.6 Å². The lowest BCUT2D eigenvalue weighted by Crippen LogP contribution is -2.22. The highest BCUT2D eigenvalue weighted by Crippen LogP contribution is 2.23. The maximum Gasteiger partial charge on any atom is 0.269 e. The Morgan fingerprint density at radius 2 is 1.74 bits per heavy atom.